The number of anilines is 1. The zero-order valence-corrected chi connectivity index (χ0v) is 24.0. The molecule has 1 fully saturated rings. The largest absolute Gasteiger partial charge is 0.385 e. The van der Waals surface area contributed by atoms with Crippen molar-refractivity contribution in [3.8, 4) is 0 Å². The molecule has 1 atom stereocenters. The van der Waals surface area contributed by atoms with Gasteiger partial charge in [-0.2, -0.15) is 0 Å². The van der Waals surface area contributed by atoms with Gasteiger partial charge in [0.1, 0.15) is 6.04 Å². The Kier molecular flexibility index (Phi) is 9.33. The maximum Gasteiger partial charge on any atom is 0.243 e. The normalized spacial score (nSPS) is 17.8. The Morgan fingerprint density at radius 2 is 1.69 bits per heavy atom. The highest BCUT2D eigenvalue weighted by molar-refractivity contribution is 7.92. The highest BCUT2D eigenvalue weighted by atomic mass is 32.2. The van der Waals surface area contributed by atoms with E-state index in [2.05, 4.69) is 4.72 Å². The van der Waals surface area contributed by atoms with Crippen LogP contribution in [0.1, 0.15) is 30.4 Å². The number of ether oxygens (including phenoxy) is 2. The van der Waals surface area contributed by atoms with Crippen LogP contribution in [0, 0.1) is 0 Å². The van der Waals surface area contributed by atoms with Crippen LogP contribution in [0.3, 0.4) is 0 Å². The number of hydrogen-bond acceptors (Lipinski definition) is 7. The van der Waals surface area contributed by atoms with Gasteiger partial charge < -0.3 is 14.4 Å². The number of hydrogen-bond donors (Lipinski definition) is 1. The fourth-order valence-corrected chi connectivity index (χ4v) is 7.59. The van der Waals surface area contributed by atoms with Crippen molar-refractivity contribution >= 4 is 31.6 Å². The van der Waals surface area contributed by atoms with Crippen molar-refractivity contribution in [3.63, 3.8) is 0 Å². The second-order valence-electron chi connectivity index (χ2n) is 10.2. The van der Waals surface area contributed by atoms with E-state index in [0.29, 0.717) is 51.2 Å². The molecule has 0 aromatic heterocycles. The Morgan fingerprint density at radius 3 is 2.36 bits per heavy atom. The third kappa shape index (κ3) is 7.17. The maximum atomic E-state index is 13.6. The highest BCUT2D eigenvalue weighted by Crippen LogP contribution is 2.47. The first-order valence-corrected chi connectivity index (χ1v) is 16.5. The van der Waals surface area contributed by atoms with E-state index in [1.807, 2.05) is 54.6 Å². The zero-order chi connectivity index (χ0) is 28.1. The molecule has 1 spiro atoms. The summed E-state index contributed by atoms with van der Waals surface area (Å²) in [5, 5.41) is 0. The van der Waals surface area contributed by atoms with Gasteiger partial charge in [0.25, 0.3) is 0 Å². The summed E-state index contributed by atoms with van der Waals surface area (Å²) in [5.74, 6) is -0.510. The van der Waals surface area contributed by atoms with Crippen molar-refractivity contribution in [2.24, 2.45) is 0 Å². The summed E-state index contributed by atoms with van der Waals surface area (Å²) in [7, 11) is -5.69. The molecule has 214 valence electrons. The van der Waals surface area contributed by atoms with E-state index in [0.717, 1.165) is 11.1 Å². The third-order valence-electron chi connectivity index (χ3n) is 7.40. The van der Waals surface area contributed by atoms with E-state index in [1.54, 1.807) is 4.90 Å². The van der Waals surface area contributed by atoms with Crippen LogP contribution in [0.2, 0.25) is 0 Å². The van der Waals surface area contributed by atoms with Gasteiger partial charge >= 0.3 is 0 Å². The van der Waals surface area contributed by atoms with Gasteiger partial charge in [0.15, 0.2) is 0 Å². The number of carbonyl (C=O) groups excluding carboxylic acids is 1. The number of likely N-dealkylation sites (tertiary alicyclic amines) is 1. The number of amides is 1. The number of para-hydroxylation sites is 1. The summed E-state index contributed by atoms with van der Waals surface area (Å²) >= 11 is 0. The lowest BCUT2D eigenvalue weighted by Crippen LogP contribution is -2.55. The second-order valence-corrected chi connectivity index (χ2v) is 14.0. The van der Waals surface area contributed by atoms with Crippen molar-refractivity contribution < 1.29 is 31.1 Å². The fourth-order valence-electron chi connectivity index (χ4n) is 5.38. The van der Waals surface area contributed by atoms with E-state index in [4.69, 9.17) is 9.47 Å². The van der Waals surface area contributed by atoms with Crippen LogP contribution < -0.4 is 9.03 Å². The minimum atomic E-state index is -3.75. The lowest BCUT2D eigenvalue weighted by atomic mass is 9.74. The first-order valence-electron chi connectivity index (χ1n) is 13.0. The average molecular weight is 580 g/mol. The molecule has 39 heavy (non-hydrogen) atoms. The number of methoxy groups -OCH3 is 1. The van der Waals surface area contributed by atoms with E-state index >= 15 is 0 Å². The number of nitrogens with one attached hydrogen (secondary N) is 1. The van der Waals surface area contributed by atoms with Crippen molar-refractivity contribution in [1.82, 2.24) is 9.62 Å². The molecule has 0 bridgehead atoms. The number of piperidine rings is 1. The molecule has 2 heterocycles. The first-order chi connectivity index (χ1) is 18.5. The summed E-state index contributed by atoms with van der Waals surface area (Å²) < 4.78 is 65.2. The SMILES string of the molecule is COCCCS(=O)(=O)N[C@H](COCc1ccccc1)C(=O)N1CCC2(CC1)CN(S(C)(=O)=O)c1ccccc12. The van der Waals surface area contributed by atoms with Gasteiger partial charge in [0.05, 0.1) is 30.9 Å². The smallest absolute Gasteiger partial charge is 0.243 e. The van der Waals surface area contributed by atoms with Crippen molar-refractivity contribution in [3.05, 3.63) is 65.7 Å². The van der Waals surface area contributed by atoms with E-state index in [1.165, 1.54) is 17.7 Å². The molecule has 0 unspecified atom stereocenters. The van der Waals surface area contributed by atoms with Gasteiger partial charge in [-0.1, -0.05) is 48.5 Å². The summed E-state index contributed by atoms with van der Waals surface area (Å²) in [4.78, 5) is 15.3. The minimum absolute atomic E-state index is 0.108. The molecule has 0 aliphatic carbocycles. The zero-order valence-electron chi connectivity index (χ0n) is 22.4. The standard InChI is InChI=1S/C27H37N3O7S2/c1-36-17-8-18-39(34,35)28-24(20-37-19-22-9-4-3-5-10-22)26(31)29-15-13-27(14-16-29)21-30(38(2,32)33)25-12-7-6-11-23(25)27/h3-7,9-12,24,28H,8,13-21H2,1-2H3/t24-/m1/s1. The highest BCUT2D eigenvalue weighted by Gasteiger charge is 2.48. The molecule has 2 aliphatic rings. The Labute approximate surface area is 231 Å². The van der Waals surface area contributed by atoms with Crippen LogP contribution in [0.4, 0.5) is 5.69 Å². The van der Waals surface area contributed by atoms with Crippen LogP contribution in [-0.4, -0.2) is 85.7 Å². The molecular weight excluding hydrogens is 542 g/mol. The predicted molar refractivity (Wildman–Crippen MR) is 149 cm³/mol. The molecule has 4 rings (SSSR count). The second kappa shape index (κ2) is 12.3. The number of rotatable bonds is 12. The Hall–Kier alpha value is -2.51. The lowest BCUT2D eigenvalue weighted by molar-refractivity contribution is -0.136. The van der Waals surface area contributed by atoms with E-state index in [-0.39, 0.29) is 24.9 Å². The summed E-state index contributed by atoms with van der Waals surface area (Å²) in [6, 6.07) is 15.9. The van der Waals surface area contributed by atoms with E-state index < -0.39 is 31.5 Å². The minimum Gasteiger partial charge on any atom is -0.385 e. The Bertz CT molecular complexity index is 1340. The monoisotopic (exact) mass is 579 g/mol. The van der Waals surface area contributed by atoms with Crippen molar-refractivity contribution in [2.75, 3.05) is 56.3 Å². The molecule has 0 saturated carbocycles. The quantitative estimate of drug-likeness (QED) is 0.381. The van der Waals surface area contributed by atoms with Crippen LogP contribution in [-0.2, 0) is 46.3 Å². The Balaban J connectivity index is 1.46. The van der Waals surface area contributed by atoms with Crippen LogP contribution in [0.25, 0.3) is 0 Å². The predicted octanol–water partition coefficient (Wildman–Crippen LogP) is 1.87. The Morgan fingerprint density at radius 1 is 1.03 bits per heavy atom. The van der Waals surface area contributed by atoms with Crippen molar-refractivity contribution in [2.45, 2.75) is 37.3 Å². The molecule has 2 aromatic carbocycles. The average Bonchev–Trinajstić information content (AvgIpc) is 3.23. The molecule has 2 aliphatic heterocycles. The van der Waals surface area contributed by atoms with Crippen LogP contribution in [0.5, 0.6) is 0 Å². The van der Waals surface area contributed by atoms with Crippen molar-refractivity contribution in [1.29, 1.82) is 0 Å². The molecule has 2 aromatic rings. The number of sulfonamides is 2. The van der Waals surface area contributed by atoms with Gasteiger partial charge in [-0.05, 0) is 36.5 Å². The van der Waals surface area contributed by atoms with Gasteiger partial charge in [0, 0.05) is 38.8 Å². The summed E-state index contributed by atoms with van der Waals surface area (Å²) in [5.41, 5.74) is 2.19. The molecule has 10 nitrogen and oxygen atoms in total. The van der Waals surface area contributed by atoms with Crippen LogP contribution >= 0.6 is 0 Å². The molecule has 1 N–H and O–H groups in total. The number of nitrogens with zero attached hydrogens (tertiary/aromatic N) is 2. The summed E-state index contributed by atoms with van der Waals surface area (Å²) in [6.07, 6.45) is 2.65. The molecule has 12 heteroatoms. The molecule has 1 saturated heterocycles. The molecule has 1 amide bonds. The van der Waals surface area contributed by atoms with Gasteiger partial charge in [0.2, 0.25) is 26.0 Å². The number of fused-ring (bicyclic) bond motifs is 2. The lowest BCUT2D eigenvalue weighted by Gasteiger charge is -2.40. The fraction of sp³-hybridized carbons (Fsp3) is 0.519. The number of benzene rings is 2. The van der Waals surface area contributed by atoms with Gasteiger partial charge in [-0.15, -0.1) is 0 Å². The first kappa shape index (κ1) is 29.5. The molecule has 0 radical (unpaired) electrons. The van der Waals surface area contributed by atoms with Gasteiger partial charge in [-0.25, -0.2) is 21.6 Å². The van der Waals surface area contributed by atoms with E-state index in [9.17, 15) is 21.6 Å². The number of carbonyl (C=O) groups is 1. The molecular formula is C27H37N3O7S2. The topological polar surface area (TPSA) is 122 Å². The van der Waals surface area contributed by atoms with Crippen LogP contribution in [0.15, 0.2) is 54.6 Å². The summed E-state index contributed by atoms with van der Waals surface area (Å²) in [6.45, 7) is 1.53. The van der Waals surface area contributed by atoms with Gasteiger partial charge in [-0.3, -0.25) is 9.10 Å². The maximum absolute atomic E-state index is 13.6. The third-order valence-corrected chi connectivity index (χ3v) is 10.00.